The average molecular weight is 365 g/mol. The number of fused-ring (bicyclic) bond motifs is 1. The number of aromatic hydroxyl groups is 1. The lowest BCUT2D eigenvalue weighted by Gasteiger charge is -2.48. The number of hydrogen-bond donors (Lipinski definition) is 2. The van der Waals surface area contributed by atoms with E-state index in [1.54, 1.807) is 6.07 Å². The minimum Gasteiger partial charge on any atom is -0.507 e. The van der Waals surface area contributed by atoms with Crippen LogP contribution in [0.15, 0.2) is 18.2 Å². The van der Waals surface area contributed by atoms with Crippen LogP contribution in [0.5, 0.6) is 5.75 Å². The fraction of sp³-hybridized carbons (Fsp3) is 0.650. The molecule has 1 aliphatic heterocycles. The summed E-state index contributed by atoms with van der Waals surface area (Å²) in [6.07, 6.45) is 9.08. The van der Waals surface area contributed by atoms with Gasteiger partial charge in [-0.1, -0.05) is 24.4 Å². The van der Waals surface area contributed by atoms with E-state index in [1.807, 2.05) is 0 Å². The topological polar surface area (TPSA) is 52.6 Å². The smallest absolute Gasteiger partial charge is 0.255 e. The molecular weight excluding hydrogens is 336 g/mol. The second-order valence-corrected chi connectivity index (χ2v) is 7.98. The second-order valence-electron chi connectivity index (χ2n) is 7.55. The van der Waals surface area contributed by atoms with Crippen molar-refractivity contribution in [2.45, 2.75) is 64.0 Å². The number of hydrogen-bond acceptors (Lipinski definition) is 3. The maximum atomic E-state index is 12.2. The first kappa shape index (κ1) is 18.5. The molecule has 2 N–H and O–H groups in total. The molecule has 25 heavy (non-hydrogen) atoms. The summed E-state index contributed by atoms with van der Waals surface area (Å²) in [7, 11) is 0. The molecule has 0 aromatic heterocycles. The molecule has 1 heterocycles. The first-order valence-electron chi connectivity index (χ1n) is 9.58. The van der Waals surface area contributed by atoms with Gasteiger partial charge in [-0.05, 0) is 63.1 Å². The largest absolute Gasteiger partial charge is 0.507 e. The molecule has 1 unspecified atom stereocenters. The Morgan fingerprint density at radius 1 is 1.28 bits per heavy atom. The molecule has 1 saturated carbocycles. The molecule has 1 aromatic carbocycles. The lowest BCUT2D eigenvalue weighted by molar-refractivity contribution is 0.0215. The van der Waals surface area contributed by atoms with Gasteiger partial charge in [-0.2, -0.15) is 0 Å². The van der Waals surface area contributed by atoms with Gasteiger partial charge in [0, 0.05) is 30.2 Å². The molecule has 138 valence electrons. The van der Waals surface area contributed by atoms with Gasteiger partial charge in [0.25, 0.3) is 5.91 Å². The minimum absolute atomic E-state index is 0.0309. The number of carbonyl (C=O) groups is 1. The molecular formula is C20H29ClN2O2. The van der Waals surface area contributed by atoms with Crippen molar-refractivity contribution in [3.05, 3.63) is 28.8 Å². The minimum atomic E-state index is -0.262. The van der Waals surface area contributed by atoms with Crippen molar-refractivity contribution >= 4 is 17.5 Å². The summed E-state index contributed by atoms with van der Waals surface area (Å²) in [6.45, 7) is 3.99. The van der Waals surface area contributed by atoms with Gasteiger partial charge in [0.05, 0.1) is 5.56 Å². The maximum Gasteiger partial charge on any atom is 0.255 e. The van der Waals surface area contributed by atoms with E-state index in [0.717, 1.165) is 24.9 Å². The number of amides is 1. The molecule has 1 saturated heterocycles. The second kappa shape index (κ2) is 8.41. The van der Waals surface area contributed by atoms with Crippen molar-refractivity contribution in [3.63, 3.8) is 0 Å². The van der Waals surface area contributed by atoms with Crippen LogP contribution in [0.3, 0.4) is 0 Å². The lowest BCUT2D eigenvalue weighted by Crippen LogP contribution is -2.51. The average Bonchev–Trinajstić information content (AvgIpc) is 2.62. The Hall–Kier alpha value is -1.26. The van der Waals surface area contributed by atoms with Gasteiger partial charge in [0.1, 0.15) is 5.75 Å². The zero-order valence-corrected chi connectivity index (χ0v) is 15.8. The van der Waals surface area contributed by atoms with E-state index < -0.39 is 0 Å². The van der Waals surface area contributed by atoms with Gasteiger partial charge in [0.2, 0.25) is 0 Å². The molecule has 4 nitrogen and oxygen atoms in total. The number of nitrogens with zero attached hydrogens (tertiary/aromatic N) is 1. The zero-order chi connectivity index (χ0) is 17.8. The standard InChI is InChI=1S/C20H29ClN2O2/c1-14-7-8-15-5-2-3-6-18(15)23(14)12-4-11-22-20(25)17-13-16(21)9-10-19(17)24/h9-10,13-15,18,24H,2-8,11-12H2,1H3,(H,22,25)/t14?,15-,18-/m0/s1. The summed E-state index contributed by atoms with van der Waals surface area (Å²) in [6, 6.07) is 5.92. The highest BCUT2D eigenvalue weighted by molar-refractivity contribution is 6.31. The molecule has 1 amide bonds. The van der Waals surface area contributed by atoms with Crippen LogP contribution in [0.1, 0.15) is 62.2 Å². The van der Waals surface area contributed by atoms with Gasteiger partial charge < -0.3 is 10.4 Å². The third kappa shape index (κ3) is 4.48. The zero-order valence-electron chi connectivity index (χ0n) is 15.0. The van der Waals surface area contributed by atoms with Crippen LogP contribution < -0.4 is 5.32 Å². The third-order valence-electron chi connectivity index (χ3n) is 5.90. The van der Waals surface area contributed by atoms with Crippen LogP contribution in [0.2, 0.25) is 5.02 Å². The SMILES string of the molecule is CC1CC[C@@H]2CCCC[C@@H]2N1CCCNC(=O)c1cc(Cl)ccc1O. The summed E-state index contributed by atoms with van der Waals surface area (Å²) in [5.74, 6) is 0.585. The summed E-state index contributed by atoms with van der Waals surface area (Å²) in [5.41, 5.74) is 0.242. The van der Waals surface area contributed by atoms with Crippen molar-refractivity contribution in [2.75, 3.05) is 13.1 Å². The maximum absolute atomic E-state index is 12.2. The molecule has 2 fully saturated rings. The first-order chi connectivity index (χ1) is 12.1. The summed E-state index contributed by atoms with van der Waals surface area (Å²) >= 11 is 5.91. The van der Waals surface area contributed by atoms with E-state index in [2.05, 4.69) is 17.1 Å². The van der Waals surface area contributed by atoms with Gasteiger partial charge >= 0.3 is 0 Å². The number of carbonyl (C=O) groups excluding carboxylic acids is 1. The van der Waals surface area contributed by atoms with E-state index in [9.17, 15) is 9.90 Å². The molecule has 0 spiro atoms. The van der Waals surface area contributed by atoms with Crippen molar-refractivity contribution in [2.24, 2.45) is 5.92 Å². The number of rotatable bonds is 5. The molecule has 1 aliphatic carbocycles. The van der Waals surface area contributed by atoms with Crippen LogP contribution in [0.4, 0.5) is 0 Å². The first-order valence-corrected chi connectivity index (χ1v) is 9.96. The summed E-state index contributed by atoms with van der Waals surface area (Å²) < 4.78 is 0. The van der Waals surface area contributed by atoms with E-state index in [-0.39, 0.29) is 17.2 Å². The Balaban J connectivity index is 1.48. The molecule has 3 rings (SSSR count). The summed E-state index contributed by atoms with van der Waals surface area (Å²) in [5, 5.41) is 13.2. The van der Waals surface area contributed by atoms with Gasteiger partial charge in [-0.15, -0.1) is 0 Å². The molecule has 0 bridgehead atoms. The predicted molar refractivity (Wildman–Crippen MR) is 101 cm³/mol. The van der Waals surface area contributed by atoms with E-state index in [4.69, 9.17) is 11.6 Å². The van der Waals surface area contributed by atoms with Crippen LogP contribution >= 0.6 is 11.6 Å². The van der Waals surface area contributed by atoms with Gasteiger partial charge in [-0.3, -0.25) is 9.69 Å². The highest BCUT2D eigenvalue weighted by Crippen LogP contribution is 2.37. The number of phenols is 1. The van der Waals surface area contributed by atoms with Crippen molar-refractivity contribution in [3.8, 4) is 5.75 Å². The highest BCUT2D eigenvalue weighted by atomic mass is 35.5. The van der Waals surface area contributed by atoms with Gasteiger partial charge in [0.15, 0.2) is 0 Å². The van der Waals surface area contributed by atoms with Gasteiger partial charge in [-0.25, -0.2) is 0 Å². The molecule has 5 heteroatoms. The molecule has 1 aromatic rings. The Kier molecular flexibility index (Phi) is 6.24. The predicted octanol–water partition coefficient (Wildman–Crippen LogP) is 4.21. The number of likely N-dealkylation sites (tertiary alicyclic amines) is 1. The monoisotopic (exact) mass is 364 g/mol. The Bertz CT molecular complexity index is 607. The van der Waals surface area contributed by atoms with Crippen LogP contribution in [0, 0.1) is 5.92 Å². The molecule has 0 radical (unpaired) electrons. The normalized spacial score (nSPS) is 26.9. The van der Waals surface area contributed by atoms with E-state index in [0.29, 0.717) is 17.6 Å². The van der Waals surface area contributed by atoms with E-state index in [1.165, 1.54) is 50.7 Å². The number of benzene rings is 1. The van der Waals surface area contributed by atoms with Crippen molar-refractivity contribution < 1.29 is 9.90 Å². The molecule has 2 aliphatic rings. The number of halogens is 1. The van der Waals surface area contributed by atoms with Crippen molar-refractivity contribution in [1.29, 1.82) is 0 Å². The lowest BCUT2D eigenvalue weighted by atomic mass is 9.76. The van der Waals surface area contributed by atoms with E-state index >= 15 is 0 Å². The number of nitrogens with one attached hydrogen (secondary N) is 1. The Labute approximate surface area is 155 Å². The number of phenolic OH excluding ortho intramolecular Hbond substituents is 1. The third-order valence-corrected chi connectivity index (χ3v) is 6.13. The van der Waals surface area contributed by atoms with Crippen LogP contribution in [-0.4, -0.2) is 41.1 Å². The Morgan fingerprint density at radius 3 is 2.92 bits per heavy atom. The number of piperidine rings is 1. The fourth-order valence-corrected chi connectivity index (χ4v) is 4.72. The molecule has 3 atom stereocenters. The fourth-order valence-electron chi connectivity index (χ4n) is 4.54. The van der Waals surface area contributed by atoms with Crippen LogP contribution in [0.25, 0.3) is 0 Å². The Morgan fingerprint density at radius 2 is 2.08 bits per heavy atom. The highest BCUT2D eigenvalue weighted by Gasteiger charge is 2.36. The summed E-state index contributed by atoms with van der Waals surface area (Å²) in [4.78, 5) is 14.9. The van der Waals surface area contributed by atoms with Crippen LogP contribution in [-0.2, 0) is 0 Å². The quantitative estimate of drug-likeness (QED) is 0.769. The van der Waals surface area contributed by atoms with Crippen molar-refractivity contribution in [1.82, 2.24) is 10.2 Å².